The van der Waals surface area contributed by atoms with Crippen LogP contribution in [0.4, 0.5) is 18.0 Å². The van der Waals surface area contributed by atoms with Crippen molar-refractivity contribution in [1.82, 2.24) is 24.9 Å². The van der Waals surface area contributed by atoms with Crippen molar-refractivity contribution in [2.24, 2.45) is 5.92 Å². The number of nitrogens with zero attached hydrogens (tertiary/aromatic N) is 4. The molecule has 0 unspecified atom stereocenters. The Hall–Kier alpha value is -3.08. The van der Waals surface area contributed by atoms with Gasteiger partial charge in [-0.3, -0.25) is 14.5 Å². The standard InChI is InChI=1S/C26H34F3N5O3/c1-5-33-20-15-34(19(14-16(2)3)23(35)32-12-10-31(4)11-13-32)24(36)21(20)22(30-25(33)37)17-8-6-7-9-18(17)26(27,28)29/h6-9,16,19,22H,5,10-15H2,1-4H3,(H,30,37)/t19-,22+/m0/s1. The van der Waals surface area contributed by atoms with Crippen molar-refractivity contribution in [2.75, 3.05) is 46.3 Å². The van der Waals surface area contributed by atoms with E-state index < -0.39 is 35.8 Å². The highest BCUT2D eigenvalue weighted by Crippen LogP contribution is 2.42. The summed E-state index contributed by atoms with van der Waals surface area (Å²) in [6.07, 6.45) is -4.25. The van der Waals surface area contributed by atoms with E-state index in [0.717, 1.165) is 19.2 Å². The van der Waals surface area contributed by atoms with Gasteiger partial charge in [0.1, 0.15) is 6.04 Å². The molecule has 4 rings (SSSR count). The van der Waals surface area contributed by atoms with Crippen LogP contribution in [0.25, 0.3) is 0 Å². The number of rotatable bonds is 6. The Morgan fingerprint density at radius 1 is 1.11 bits per heavy atom. The predicted octanol–water partition coefficient (Wildman–Crippen LogP) is 3.08. The molecule has 11 heteroatoms. The molecule has 1 aromatic rings. The van der Waals surface area contributed by atoms with Crippen LogP contribution in [0.2, 0.25) is 0 Å². The minimum atomic E-state index is -4.66. The van der Waals surface area contributed by atoms with Gasteiger partial charge in [-0.05, 0) is 37.9 Å². The number of urea groups is 1. The highest BCUT2D eigenvalue weighted by molar-refractivity contribution is 6.03. The van der Waals surface area contributed by atoms with E-state index in [1.165, 1.54) is 28.0 Å². The molecule has 2 atom stereocenters. The van der Waals surface area contributed by atoms with E-state index in [9.17, 15) is 27.6 Å². The van der Waals surface area contributed by atoms with E-state index in [0.29, 0.717) is 25.2 Å². The van der Waals surface area contributed by atoms with E-state index in [2.05, 4.69) is 10.2 Å². The summed E-state index contributed by atoms with van der Waals surface area (Å²) in [6, 6.07) is 2.37. The third-order valence-electron chi connectivity index (χ3n) is 7.31. The maximum Gasteiger partial charge on any atom is 0.416 e. The van der Waals surface area contributed by atoms with Crippen LogP contribution in [-0.4, -0.2) is 89.8 Å². The Morgan fingerprint density at radius 3 is 2.35 bits per heavy atom. The smallest absolute Gasteiger partial charge is 0.338 e. The lowest BCUT2D eigenvalue weighted by Gasteiger charge is -2.37. The second kappa shape index (κ2) is 10.4. The van der Waals surface area contributed by atoms with Crippen molar-refractivity contribution in [1.29, 1.82) is 0 Å². The second-order valence-electron chi connectivity index (χ2n) is 10.3. The Bertz CT molecular complexity index is 1100. The maximum atomic E-state index is 13.9. The summed E-state index contributed by atoms with van der Waals surface area (Å²) in [4.78, 5) is 47.3. The van der Waals surface area contributed by atoms with Gasteiger partial charge in [-0.15, -0.1) is 0 Å². The van der Waals surface area contributed by atoms with Crippen LogP contribution in [0.3, 0.4) is 0 Å². The summed E-state index contributed by atoms with van der Waals surface area (Å²) in [5.41, 5.74) is -0.639. The Labute approximate surface area is 215 Å². The van der Waals surface area contributed by atoms with Gasteiger partial charge in [-0.1, -0.05) is 32.0 Å². The largest absolute Gasteiger partial charge is 0.416 e. The number of benzene rings is 1. The molecule has 0 aliphatic carbocycles. The van der Waals surface area contributed by atoms with Crippen LogP contribution in [0, 0.1) is 5.92 Å². The molecular weight excluding hydrogens is 487 g/mol. The molecule has 1 aromatic carbocycles. The minimum absolute atomic E-state index is 0.00300. The number of halogens is 3. The quantitative estimate of drug-likeness (QED) is 0.625. The number of hydrogen-bond donors (Lipinski definition) is 1. The third kappa shape index (κ3) is 5.18. The summed E-state index contributed by atoms with van der Waals surface area (Å²) in [5, 5.41) is 2.63. The van der Waals surface area contributed by atoms with E-state index in [-0.39, 0.29) is 36.1 Å². The zero-order valence-electron chi connectivity index (χ0n) is 21.6. The first kappa shape index (κ1) is 27.0. The molecule has 202 valence electrons. The number of amides is 4. The van der Waals surface area contributed by atoms with Crippen LogP contribution in [-0.2, 0) is 15.8 Å². The summed E-state index contributed by atoms with van der Waals surface area (Å²) in [5.74, 6) is -0.580. The zero-order valence-corrected chi connectivity index (χ0v) is 21.6. The normalized spacial score (nSPS) is 22.1. The first-order valence-corrected chi connectivity index (χ1v) is 12.7. The topological polar surface area (TPSA) is 76.2 Å². The molecule has 1 N–H and O–H groups in total. The molecule has 8 nitrogen and oxygen atoms in total. The molecule has 4 amide bonds. The van der Waals surface area contributed by atoms with Crippen LogP contribution in [0.15, 0.2) is 35.5 Å². The van der Waals surface area contributed by atoms with Gasteiger partial charge in [0.15, 0.2) is 0 Å². The SMILES string of the molecule is CCN1C(=O)N[C@H](c2ccccc2C(F)(F)F)C2=C1CN([C@@H](CC(C)C)C(=O)N1CCN(C)CC1)C2=O. The molecule has 37 heavy (non-hydrogen) atoms. The molecule has 3 aliphatic rings. The molecular formula is C26H34F3N5O3. The van der Waals surface area contributed by atoms with Gasteiger partial charge in [0.05, 0.1) is 29.4 Å². The molecule has 0 bridgehead atoms. The fraction of sp³-hybridized carbons (Fsp3) is 0.577. The van der Waals surface area contributed by atoms with Crippen LogP contribution in [0.5, 0.6) is 0 Å². The number of piperazine rings is 1. The van der Waals surface area contributed by atoms with Gasteiger partial charge in [-0.25, -0.2) is 4.79 Å². The predicted molar refractivity (Wildman–Crippen MR) is 131 cm³/mol. The fourth-order valence-corrected chi connectivity index (χ4v) is 5.39. The van der Waals surface area contributed by atoms with Crippen molar-refractivity contribution in [3.8, 4) is 0 Å². The molecule has 0 aromatic heterocycles. The third-order valence-corrected chi connectivity index (χ3v) is 7.31. The number of carbonyl (C=O) groups is 3. The fourth-order valence-electron chi connectivity index (χ4n) is 5.39. The van der Waals surface area contributed by atoms with Crippen molar-refractivity contribution in [3.05, 3.63) is 46.7 Å². The minimum Gasteiger partial charge on any atom is -0.338 e. The number of likely N-dealkylation sites (N-methyl/N-ethyl adjacent to an activating group) is 2. The average molecular weight is 522 g/mol. The highest BCUT2D eigenvalue weighted by Gasteiger charge is 2.49. The van der Waals surface area contributed by atoms with Crippen molar-refractivity contribution in [2.45, 2.75) is 45.5 Å². The average Bonchev–Trinajstić information content (AvgIpc) is 3.18. The van der Waals surface area contributed by atoms with Gasteiger partial charge >= 0.3 is 12.2 Å². The summed E-state index contributed by atoms with van der Waals surface area (Å²) in [7, 11) is 1.98. The number of nitrogens with one attached hydrogen (secondary N) is 1. The maximum absolute atomic E-state index is 13.9. The van der Waals surface area contributed by atoms with Gasteiger partial charge in [-0.2, -0.15) is 13.2 Å². The summed E-state index contributed by atoms with van der Waals surface area (Å²) < 4.78 is 41.7. The molecule has 3 heterocycles. The van der Waals surface area contributed by atoms with Gasteiger partial charge in [0.2, 0.25) is 5.91 Å². The van der Waals surface area contributed by atoms with E-state index >= 15 is 0 Å². The number of hydrogen-bond acceptors (Lipinski definition) is 4. The molecule has 0 saturated carbocycles. The second-order valence-corrected chi connectivity index (χ2v) is 10.3. The number of alkyl halides is 3. The highest BCUT2D eigenvalue weighted by atomic mass is 19.4. The molecule has 0 spiro atoms. The van der Waals surface area contributed by atoms with Gasteiger partial charge in [0.25, 0.3) is 5.91 Å². The number of carbonyl (C=O) groups excluding carboxylic acids is 3. The van der Waals surface area contributed by atoms with Crippen molar-refractivity contribution >= 4 is 17.8 Å². The Balaban J connectivity index is 1.73. The Morgan fingerprint density at radius 2 is 1.76 bits per heavy atom. The first-order valence-electron chi connectivity index (χ1n) is 12.7. The lowest BCUT2D eigenvalue weighted by molar-refractivity contribution is -0.144. The first-order chi connectivity index (χ1) is 17.4. The lowest BCUT2D eigenvalue weighted by Crippen LogP contribution is -2.55. The van der Waals surface area contributed by atoms with Crippen LogP contribution in [0.1, 0.15) is 44.4 Å². The van der Waals surface area contributed by atoms with Crippen molar-refractivity contribution in [3.63, 3.8) is 0 Å². The summed E-state index contributed by atoms with van der Waals surface area (Å²) >= 11 is 0. The molecule has 0 radical (unpaired) electrons. The summed E-state index contributed by atoms with van der Waals surface area (Å²) in [6.45, 7) is 8.43. The van der Waals surface area contributed by atoms with E-state index in [4.69, 9.17) is 0 Å². The van der Waals surface area contributed by atoms with E-state index in [1.54, 1.807) is 11.8 Å². The van der Waals surface area contributed by atoms with Gasteiger partial charge in [0, 0.05) is 32.7 Å². The van der Waals surface area contributed by atoms with Crippen LogP contribution < -0.4 is 5.32 Å². The van der Waals surface area contributed by atoms with Crippen molar-refractivity contribution < 1.29 is 27.6 Å². The molecule has 1 fully saturated rings. The monoisotopic (exact) mass is 521 g/mol. The zero-order chi connectivity index (χ0) is 27.1. The molecule has 3 aliphatic heterocycles. The van der Waals surface area contributed by atoms with Gasteiger partial charge < -0.3 is 20.0 Å². The van der Waals surface area contributed by atoms with E-state index in [1.807, 2.05) is 20.9 Å². The Kier molecular flexibility index (Phi) is 7.55. The lowest BCUT2D eigenvalue weighted by atomic mass is 9.91. The van der Waals surface area contributed by atoms with Crippen LogP contribution >= 0.6 is 0 Å². The molecule has 1 saturated heterocycles.